The average molecular weight is 309 g/mol. The normalized spacial score (nSPS) is 8.64. The van der Waals surface area contributed by atoms with Crippen molar-refractivity contribution in [3.05, 3.63) is 42.8 Å². The van der Waals surface area contributed by atoms with Gasteiger partial charge < -0.3 is 21.7 Å². The Kier molecular flexibility index (Phi) is 13.6. The van der Waals surface area contributed by atoms with Gasteiger partial charge in [0.1, 0.15) is 0 Å². The molecule has 0 aliphatic carbocycles. The van der Waals surface area contributed by atoms with Crippen LogP contribution in [-0.2, 0) is 30.8 Å². The fraction of sp³-hybridized carbons (Fsp3) is 0.364. The van der Waals surface area contributed by atoms with Crippen LogP contribution in [-0.4, -0.2) is 6.61 Å². The Morgan fingerprint density at radius 3 is 2.36 bits per heavy atom. The minimum absolute atomic E-state index is 0. The van der Waals surface area contributed by atoms with Gasteiger partial charge in [-0.1, -0.05) is 43.7 Å². The van der Waals surface area contributed by atoms with Gasteiger partial charge in [-0.05, 0) is 12.0 Å². The van der Waals surface area contributed by atoms with Crippen molar-refractivity contribution in [1.29, 1.82) is 0 Å². The quantitative estimate of drug-likeness (QED) is 0.542. The second-order valence-corrected chi connectivity index (χ2v) is 2.75. The van der Waals surface area contributed by atoms with Gasteiger partial charge in [0.05, 0.1) is 6.61 Å². The standard InChI is InChI=1S/C11H15O.BrH.Zn/c1-2-3-9-12-10-11-7-5-4-6-8-11;;/h4-8H,1-3,9-10H2;1H;/p-1. The van der Waals surface area contributed by atoms with E-state index in [0.717, 1.165) is 26.1 Å². The number of hydrogen-bond acceptors (Lipinski definition) is 1. The molecule has 1 nitrogen and oxygen atoms in total. The predicted octanol–water partition coefficient (Wildman–Crippen LogP) is -0.181. The summed E-state index contributed by atoms with van der Waals surface area (Å²) in [5.74, 6) is 0. The number of benzene rings is 1. The van der Waals surface area contributed by atoms with Crippen LogP contribution in [0.1, 0.15) is 18.4 Å². The van der Waals surface area contributed by atoms with Crippen molar-refractivity contribution in [1.82, 2.24) is 0 Å². The molecule has 0 aliphatic heterocycles. The Balaban J connectivity index is 0. The second-order valence-electron chi connectivity index (χ2n) is 2.75. The Bertz CT molecular complexity index is 204. The SMILES string of the molecule is [Br-].[CH2]CCCOCc1ccccc1.[Zn]. The molecule has 1 rings (SSSR count). The van der Waals surface area contributed by atoms with Crippen LogP contribution in [0, 0.1) is 6.92 Å². The predicted molar refractivity (Wildman–Crippen MR) is 50.7 cm³/mol. The average Bonchev–Trinajstić information content (AvgIpc) is 2.14. The van der Waals surface area contributed by atoms with E-state index in [2.05, 4.69) is 19.1 Å². The third-order valence-electron chi connectivity index (χ3n) is 1.65. The fourth-order valence-electron chi connectivity index (χ4n) is 0.968. The summed E-state index contributed by atoms with van der Waals surface area (Å²) in [5, 5.41) is 0. The maximum Gasteiger partial charge on any atom is 0.0716 e. The molecular weight excluding hydrogens is 293 g/mol. The van der Waals surface area contributed by atoms with E-state index in [-0.39, 0.29) is 36.5 Å². The van der Waals surface area contributed by atoms with E-state index in [1.165, 1.54) is 5.56 Å². The molecule has 1 radical (unpaired) electrons. The zero-order valence-electron chi connectivity index (χ0n) is 8.42. The van der Waals surface area contributed by atoms with Gasteiger partial charge in [-0.15, -0.1) is 0 Å². The molecule has 0 bridgehead atoms. The molecule has 0 amide bonds. The summed E-state index contributed by atoms with van der Waals surface area (Å²) in [6.45, 7) is 5.29. The summed E-state index contributed by atoms with van der Waals surface area (Å²) < 4.78 is 5.42. The molecule has 14 heavy (non-hydrogen) atoms. The van der Waals surface area contributed by atoms with E-state index in [9.17, 15) is 0 Å². The van der Waals surface area contributed by atoms with Gasteiger partial charge in [-0.2, -0.15) is 0 Å². The molecule has 0 heterocycles. The Labute approximate surface area is 110 Å². The maximum atomic E-state index is 5.42. The van der Waals surface area contributed by atoms with Gasteiger partial charge in [0, 0.05) is 26.1 Å². The van der Waals surface area contributed by atoms with Gasteiger partial charge in [-0.25, -0.2) is 0 Å². The molecule has 0 saturated heterocycles. The third kappa shape index (κ3) is 7.67. The van der Waals surface area contributed by atoms with Crippen LogP contribution < -0.4 is 17.0 Å². The zero-order valence-corrected chi connectivity index (χ0v) is 13.0. The van der Waals surface area contributed by atoms with Crippen LogP contribution in [0.4, 0.5) is 0 Å². The summed E-state index contributed by atoms with van der Waals surface area (Å²) >= 11 is 0. The van der Waals surface area contributed by atoms with E-state index >= 15 is 0 Å². The van der Waals surface area contributed by atoms with Crippen LogP contribution in [0.5, 0.6) is 0 Å². The topological polar surface area (TPSA) is 9.23 Å². The van der Waals surface area contributed by atoms with Crippen molar-refractivity contribution in [3.8, 4) is 0 Å². The number of halogens is 1. The fourth-order valence-corrected chi connectivity index (χ4v) is 0.968. The number of unbranched alkanes of at least 4 members (excludes halogenated alkanes) is 1. The monoisotopic (exact) mass is 306 g/mol. The first kappa shape index (κ1) is 16.7. The smallest absolute Gasteiger partial charge is 0.0716 e. The zero-order chi connectivity index (χ0) is 8.65. The minimum Gasteiger partial charge on any atom is -1.00 e. The number of rotatable bonds is 5. The van der Waals surface area contributed by atoms with Crippen LogP contribution in [0.25, 0.3) is 0 Å². The molecule has 75 valence electrons. The molecule has 0 aromatic heterocycles. The van der Waals surface area contributed by atoms with Crippen LogP contribution in [0.15, 0.2) is 30.3 Å². The van der Waals surface area contributed by atoms with Crippen LogP contribution in [0.3, 0.4) is 0 Å². The molecule has 0 spiro atoms. The van der Waals surface area contributed by atoms with Crippen molar-refractivity contribution in [2.75, 3.05) is 6.61 Å². The number of hydrogen-bond donors (Lipinski definition) is 0. The van der Waals surface area contributed by atoms with E-state index in [1.54, 1.807) is 0 Å². The largest absolute Gasteiger partial charge is 1.00 e. The Hall–Kier alpha value is 0.283. The van der Waals surface area contributed by atoms with Crippen molar-refractivity contribution < 1.29 is 41.2 Å². The first-order valence-corrected chi connectivity index (χ1v) is 4.34. The molecule has 1 aromatic rings. The first-order chi connectivity index (χ1) is 5.93. The van der Waals surface area contributed by atoms with E-state index < -0.39 is 0 Å². The van der Waals surface area contributed by atoms with Crippen molar-refractivity contribution in [2.45, 2.75) is 19.4 Å². The summed E-state index contributed by atoms with van der Waals surface area (Å²) in [4.78, 5) is 0. The molecule has 0 saturated carbocycles. The first-order valence-electron chi connectivity index (χ1n) is 4.34. The van der Waals surface area contributed by atoms with Crippen molar-refractivity contribution in [2.24, 2.45) is 0 Å². The van der Waals surface area contributed by atoms with Crippen molar-refractivity contribution in [3.63, 3.8) is 0 Å². The molecule has 0 atom stereocenters. The van der Waals surface area contributed by atoms with Crippen LogP contribution in [0.2, 0.25) is 0 Å². The maximum absolute atomic E-state index is 5.42. The van der Waals surface area contributed by atoms with E-state index in [4.69, 9.17) is 4.74 Å². The Morgan fingerprint density at radius 1 is 1.14 bits per heavy atom. The molecule has 3 heteroatoms. The van der Waals surface area contributed by atoms with Gasteiger partial charge in [0.2, 0.25) is 0 Å². The second kappa shape index (κ2) is 11.4. The van der Waals surface area contributed by atoms with Crippen molar-refractivity contribution >= 4 is 0 Å². The number of ether oxygens (including phenoxy) is 1. The van der Waals surface area contributed by atoms with Crippen LogP contribution >= 0.6 is 0 Å². The van der Waals surface area contributed by atoms with Gasteiger partial charge in [0.25, 0.3) is 0 Å². The molecule has 0 unspecified atom stereocenters. The minimum atomic E-state index is 0. The summed E-state index contributed by atoms with van der Waals surface area (Å²) in [5.41, 5.74) is 1.24. The third-order valence-corrected chi connectivity index (χ3v) is 1.65. The van der Waals surface area contributed by atoms with Gasteiger partial charge in [-0.3, -0.25) is 0 Å². The molecule has 0 aliphatic rings. The Morgan fingerprint density at radius 2 is 1.79 bits per heavy atom. The summed E-state index contributed by atoms with van der Waals surface area (Å²) in [6, 6.07) is 10.2. The molecule has 0 fully saturated rings. The molecule has 0 N–H and O–H groups in total. The molecular formula is C11H15BrOZn-. The van der Waals surface area contributed by atoms with E-state index in [1.807, 2.05) is 18.2 Å². The summed E-state index contributed by atoms with van der Waals surface area (Å²) in [6.07, 6.45) is 2.00. The molecule has 1 aromatic carbocycles. The van der Waals surface area contributed by atoms with Gasteiger partial charge in [0.15, 0.2) is 0 Å². The summed E-state index contributed by atoms with van der Waals surface area (Å²) in [7, 11) is 0. The van der Waals surface area contributed by atoms with Gasteiger partial charge >= 0.3 is 0 Å². The van der Waals surface area contributed by atoms with E-state index in [0.29, 0.717) is 0 Å².